The van der Waals surface area contributed by atoms with Gasteiger partial charge < -0.3 is 34.9 Å². The summed E-state index contributed by atoms with van der Waals surface area (Å²) in [6.45, 7) is 4.36. The summed E-state index contributed by atoms with van der Waals surface area (Å²) < 4.78 is 128. The molecule has 0 fully saturated rings. The van der Waals surface area contributed by atoms with Crippen LogP contribution in [0.5, 0.6) is 0 Å². The minimum atomic E-state index is -6.65. The Morgan fingerprint density at radius 1 is 0.515 bits per heavy atom. The second kappa shape index (κ2) is 16.0. The molecule has 0 amide bonds. The molecule has 0 saturated heterocycles. The van der Waals surface area contributed by atoms with E-state index in [2.05, 4.69) is 55.8 Å². The Morgan fingerprint density at radius 3 is 0.818 bits per heavy atom. The van der Waals surface area contributed by atoms with Crippen LogP contribution in [0.1, 0.15) is 47.5 Å². The molecule has 0 aromatic carbocycles. The van der Waals surface area contributed by atoms with Gasteiger partial charge >= 0.3 is 26.1 Å². The lowest BCUT2D eigenvalue weighted by atomic mass is 9.92. The first-order chi connectivity index (χ1) is 14.3. The highest BCUT2D eigenvalue weighted by atomic mass is 19.4. The second-order valence-corrected chi connectivity index (χ2v) is 8.18. The van der Waals surface area contributed by atoms with Crippen LogP contribution in [-0.2, 0) is 0 Å². The quantitative estimate of drug-likeness (QED) is 0.189. The molecule has 206 valence electrons. The molecule has 0 aliphatic rings. The molecule has 2 nitrogen and oxygen atoms in total. The lowest BCUT2D eigenvalue weighted by molar-refractivity contribution is -0.906. The van der Waals surface area contributed by atoms with E-state index in [9.17, 15) is 52.2 Å². The van der Waals surface area contributed by atoms with E-state index in [-0.39, 0.29) is 0 Å². The minimum Gasteiger partial charge on any atom is -0.443 e. The molecule has 0 atom stereocenters. The average molecular weight is 520 g/mol. The molecule has 0 rings (SSSR count). The molecule has 0 radical (unpaired) electrons. The van der Waals surface area contributed by atoms with Gasteiger partial charge in [0.1, 0.15) is 0 Å². The third-order valence-corrected chi connectivity index (χ3v) is 4.72. The lowest BCUT2D eigenvalue weighted by Crippen LogP contribution is -2.43. The van der Waals surface area contributed by atoms with Gasteiger partial charge in [0.15, 0.2) is 0 Å². The minimum absolute atomic E-state index is 1.16. The highest BCUT2D eigenvalue weighted by Crippen LogP contribution is 2.32. The summed E-state index contributed by atoms with van der Waals surface area (Å²) in [5.41, 5.74) is 0. The van der Waals surface area contributed by atoms with Crippen LogP contribution >= 0.6 is 0 Å². The summed E-state index contributed by atoms with van der Waals surface area (Å²) in [6, 6.07) is 0. The predicted molar refractivity (Wildman–Crippen MR) is 110 cm³/mol. The SMILES string of the molecule is CCC[N+](C)(C)CC.CCC[N+](C)(CC)CC.F[B-](F)(F)C(F)(F)F.F[B-](F)(F)C(F)(F)F. The Morgan fingerprint density at radius 2 is 0.758 bits per heavy atom. The van der Waals surface area contributed by atoms with Crippen LogP contribution in [-0.4, -0.2) is 88.9 Å². The number of quaternary nitrogens is 2. The Balaban J connectivity index is -0.000000170. The van der Waals surface area contributed by atoms with Crippen molar-refractivity contribution in [3.8, 4) is 0 Å². The normalized spacial score (nSPS) is 13.1. The Kier molecular flexibility index (Phi) is 19.1. The van der Waals surface area contributed by atoms with Crippen molar-refractivity contribution >= 4 is 14.0 Å². The predicted octanol–water partition coefficient (Wildman–Crippen LogP) is 7.25. The first-order valence-electron chi connectivity index (χ1n) is 10.5. The van der Waals surface area contributed by atoms with Crippen LogP contribution in [0.25, 0.3) is 0 Å². The van der Waals surface area contributed by atoms with Crippen molar-refractivity contribution < 1.29 is 61.2 Å². The van der Waals surface area contributed by atoms with E-state index in [1.807, 2.05) is 0 Å². The molecule has 0 aromatic heterocycles. The third-order valence-electron chi connectivity index (χ3n) is 4.72. The van der Waals surface area contributed by atoms with Gasteiger partial charge in [-0.2, -0.15) is 0 Å². The van der Waals surface area contributed by atoms with Crippen molar-refractivity contribution in [1.29, 1.82) is 0 Å². The fourth-order valence-corrected chi connectivity index (χ4v) is 1.84. The van der Waals surface area contributed by atoms with Gasteiger partial charge in [0, 0.05) is 0 Å². The van der Waals surface area contributed by atoms with Gasteiger partial charge in [-0.3, -0.25) is 0 Å². The zero-order chi connectivity index (χ0) is 27.9. The van der Waals surface area contributed by atoms with Crippen molar-refractivity contribution in [2.45, 2.75) is 59.6 Å². The first-order valence-corrected chi connectivity index (χ1v) is 10.5. The summed E-state index contributed by atoms with van der Waals surface area (Å²) >= 11 is 0. The van der Waals surface area contributed by atoms with E-state index >= 15 is 0 Å². The maximum Gasteiger partial charge on any atom is 0.583 e. The van der Waals surface area contributed by atoms with Crippen molar-refractivity contribution in [1.82, 2.24) is 0 Å². The van der Waals surface area contributed by atoms with Crippen LogP contribution < -0.4 is 0 Å². The van der Waals surface area contributed by atoms with Crippen LogP contribution in [0.2, 0.25) is 0 Å². The number of halogens is 12. The van der Waals surface area contributed by atoms with E-state index in [4.69, 9.17) is 0 Å². The van der Waals surface area contributed by atoms with Gasteiger partial charge in [0.25, 0.3) is 0 Å². The third kappa shape index (κ3) is 22.8. The first kappa shape index (κ1) is 39.4. The zero-order valence-electron chi connectivity index (χ0n) is 20.5. The van der Waals surface area contributed by atoms with Crippen molar-refractivity contribution in [3.63, 3.8) is 0 Å². The fraction of sp³-hybridized carbons (Fsp3) is 1.00. The molecule has 0 aliphatic carbocycles. The second-order valence-electron chi connectivity index (χ2n) is 8.18. The van der Waals surface area contributed by atoms with Gasteiger partial charge in [-0.25, -0.2) is 26.3 Å². The molecular weight excluding hydrogens is 482 g/mol. The fourth-order valence-electron chi connectivity index (χ4n) is 1.84. The maximum absolute atomic E-state index is 10.5. The highest BCUT2D eigenvalue weighted by Gasteiger charge is 2.54. The van der Waals surface area contributed by atoms with E-state index in [0.717, 1.165) is 4.48 Å². The summed E-state index contributed by atoms with van der Waals surface area (Å²) in [5.74, 6) is 0. The molecular formula is C17H38B2F12N2. The zero-order valence-corrected chi connectivity index (χ0v) is 20.5. The molecule has 0 N–H and O–H groups in total. The van der Waals surface area contributed by atoms with E-state index in [1.54, 1.807) is 0 Å². The lowest BCUT2D eigenvalue weighted by Gasteiger charge is -2.31. The molecule has 0 aromatic rings. The van der Waals surface area contributed by atoms with E-state index in [0.29, 0.717) is 0 Å². The summed E-state index contributed by atoms with van der Waals surface area (Å²) in [7, 11) is 6.86. The van der Waals surface area contributed by atoms with Crippen molar-refractivity contribution in [3.05, 3.63) is 0 Å². The smallest absolute Gasteiger partial charge is 0.443 e. The van der Waals surface area contributed by atoms with Gasteiger partial charge in [0.2, 0.25) is 0 Å². The molecule has 0 bridgehead atoms. The summed E-state index contributed by atoms with van der Waals surface area (Å²) in [4.78, 5) is 0. The number of alkyl halides is 6. The van der Waals surface area contributed by atoms with Gasteiger partial charge in [-0.15, -0.1) is 0 Å². The number of hydrogen-bond acceptors (Lipinski definition) is 0. The molecule has 0 saturated carbocycles. The summed E-state index contributed by atoms with van der Waals surface area (Å²) in [6.07, 6.45) is -9.40. The van der Waals surface area contributed by atoms with Crippen LogP contribution in [0.4, 0.5) is 52.2 Å². The van der Waals surface area contributed by atoms with Crippen molar-refractivity contribution in [2.75, 3.05) is 53.9 Å². The maximum atomic E-state index is 10.5. The number of hydrogen-bond donors (Lipinski definition) is 0. The van der Waals surface area contributed by atoms with Gasteiger partial charge in [-0.1, -0.05) is 13.8 Å². The summed E-state index contributed by atoms with van der Waals surface area (Å²) in [5, 5.41) is 0. The molecule has 0 unspecified atom stereocenters. The topological polar surface area (TPSA) is 0 Å². The molecule has 0 aliphatic heterocycles. The van der Waals surface area contributed by atoms with Crippen molar-refractivity contribution in [2.24, 2.45) is 0 Å². The molecule has 0 spiro atoms. The van der Waals surface area contributed by atoms with Crippen LogP contribution in [0, 0.1) is 0 Å². The van der Waals surface area contributed by atoms with Gasteiger partial charge in [0.05, 0.1) is 53.9 Å². The standard InChI is InChI=1S/C8H20N.C7H18N.2CBF6/c1-5-8-9(4,6-2)7-3;1-5-7-8(3,4)6-2;2*3-1(4,5)2(6,7)8/h5-8H2,1-4H3;5-7H2,1-4H3;;/q2*+1;2*-1. The largest absolute Gasteiger partial charge is 0.583 e. The highest BCUT2D eigenvalue weighted by molar-refractivity contribution is 6.61. The molecule has 0 heterocycles. The Hall–Kier alpha value is -0.790. The number of rotatable bonds is 7. The van der Waals surface area contributed by atoms with Crippen LogP contribution in [0.3, 0.4) is 0 Å². The number of nitrogens with zero attached hydrogens (tertiary/aromatic N) is 2. The van der Waals surface area contributed by atoms with Gasteiger partial charge in [-0.05, 0) is 33.6 Å². The Bertz CT molecular complexity index is 421. The van der Waals surface area contributed by atoms with E-state index in [1.165, 1.54) is 50.0 Å². The average Bonchev–Trinajstić information content (AvgIpc) is 2.60. The molecule has 33 heavy (non-hydrogen) atoms. The Labute approximate surface area is 189 Å². The van der Waals surface area contributed by atoms with E-state index < -0.39 is 26.1 Å². The monoisotopic (exact) mass is 520 g/mol. The van der Waals surface area contributed by atoms with Crippen LogP contribution in [0.15, 0.2) is 0 Å². The molecule has 16 heteroatoms.